The van der Waals surface area contributed by atoms with Gasteiger partial charge in [0.2, 0.25) is 17.7 Å². The largest absolute Gasteiger partial charge is 0.508 e. The van der Waals surface area contributed by atoms with Crippen molar-refractivity contribution >= 4 is 17.7 Å². The maximum absolute atomic E-state index is 13.8. The molecule has 2 fully saturated rings. The molecule has 1 unspecified atom stereocenters. The van der Waals surface area contributed by atoms with Gasteiger partial charge in [-0.05, 0) is 41.8 Å². The standard InChI is InChI=1S/C24H27FN4O4/c1-16(30)29-22-14-27(13-18-6-3-7-19(25)11-18)24(33)21(28(22)23(32)15-26(29)2)12-17-5-4-8-20(31)10-9-17/h3,5-11,21-22,31H,4,12-15H2,1-2H3/t21-,22?/m0/s1. The Balaban J connectivity index is 1.69. The maximum Gasteiger partial charge on any atom is 0.246 e. The number of hydrogen-bond acceptors (Lipinski definition) is 5. The molecule has 2 atom stereocenters. The van der Waals surface area contributed by atoms with Gasteiger partial charge in [0, 0.05) is 26.9 Å². The highest BCUT2D eigenvalue weighted by molar-refractivity contribution is 5.91. The third-order valence-electron chi connectivity index (χ3n) is 6.13. The summed E-state index contributed by atoms with van der Waals surface area (Å²) in [7, 11) is 1.67. The fourth-order valence-electron chi connectivity index (χ4n) is 4.70. The molecule has 2 aliphatic heterocycles. The molecule has 0 aromatic heterocycles. The van der Waals surface area contributed by atoms with E-state index in [1.807, 2.05) is 6.08 Å². The number of likely N-dealkylation sites (N-methyl/N-ethyl adjacent to an activating group) is 1. The lowest BCUT2D eigenvalue weighted by Crippen LogP contribution is -2.74. The molecule has 33 heavy (non-hydrogen) atoms. The molecule has 2 saturated heterocycles. The molecule has 1 N–H and O–H groups in total. The number of halogens is 1. The number of nitrogens with zero attached hydrogens (tertiary/aromatic N) is 4. The Morgan fingerprint density at radius 3 is 2.73 bits per heavy atom. The van der Waals surface area contributed by atoms with Gasteiger partial charge in [-0.15, -0.1) is 0 Å². The lowest BCUT2D eigenvalue weighted by atomic mass is 9.97. The topological polar surface area (TPSA) is 84.4 Å². The summed E-state index contributed by atoms with van der Waals surface area (Å²) in [6.07, 6.45) is 6.93. The van der Waals surface area contributed by atoms with Crippen molar-refractivity contribution < 1.29 is 23.9 Å². The number of rotatable bonds is 4. The van der Waals surface area contributed by atoms with E-state index in [-0.39, 0.29) is 49.5 Å². The highest BCUT2D eigenvalue weighted by Crippen LogP contribution is 2.30. The van der Waals surface area contributed by atoms with Crippen LogP contribution in [0.3, 0.4) is 0 Å². The second-order valence-corrected chi connectivity index (χ2v) is 8.51. The van der Waals surface area contributed by atoms with Crippen LogP contribution in [0.2, 0.25) is 0 Å². The molecule has 3 aliphatic rings. The van der Waals surface area contributed by atoms with Crippen molar-refractivity contribution in [2.45, 2.75) is 38.5 Å². The molecule has 0 saturated carbocycles. The van der Waals surface area contributed by atoms with Gasteiger partial charge in [-0.3, -0.25) is 19.4 Å². The third kappa shape index (κ3) is 4.68. The lowest BCUT2D eigenvalue weighted by Gasteiger charge is -2.54. The van der Waals surface area contributed by atoms with Crippen LogP contribution in [0.4, 0.5) is 4.39 Å². The van der Waals surface area contributed by atoms with Crippen LogP contribution >= 0.6 is 0 Å². The van der Waals surface area contributed by atoms with Crippen molar-refractivity contribution in [2.75, 3.05) is 20.1 Å². The molecule has 0 radical (unpaired) electrons. The van der Waals surface area contributed by atoms with Gasteiger partial charge in [0.15, 0.2) is 0 Å². The molecule has 4 rings (SSSR count). The van der Waals surface area contributed by atoms with E-state index in [1.54, 1.807) is 47.3 Å². The molecule has 1 aromatic carbocycles. The number of aliphatic hydroxyl groups is 1. The summed E-state index contributed by atoms with van der Waals surface area (Å²) in [4.78, 5) is 42.2. The van der Waals surface area contributed by atoms with E-state index >= 15 is 0 Å². The number of aliphatic hydroxyl groups excluding tert-OH is 1. The highest BCUT2D eigenvalue weighted by Gasteiger charge is 2.50. The molecule has 2 heterocycles. The van der Waals surface area contributed by atoms with E-state index in [2.05, 4.69) is 0 Å². The SMILES string of the molecule is CC(=O)N1C2CN(Cc3cccc(F)c3)C(=O)[C@H](CC3=CCC=C(O)C=C3)N2C(=O)CN1C. The summed E-state index contributed by atoms with van der Waals surface area (Å²) in [6, 6.07) is 5.22. The van der Waals surface area contributed by atoms with Crippen LogP contribution in [0.1, 0.15) is 25.3 Å². The van der Waals surface area contributed by atoms with Crippen molar-refractivity contribution in [1.82, 2.24) is 19.8 Å². The van der Waals surface area contributed by atoms with Gasteiger partial charge in [0.05, 0.1) is 13.1 Å². The number of hydrazine groups is 1. The predicted octanol–water partition coefficient (Wildman–Crippen LogP) is 2.12. The fraction of sp³-hybridized carbons (Fsp3) is 0.375. The average molecular weight is 455 g/mol. The van der Waals surface area contributed by atoms with Gasteiger partial charge in [0.1, 0.15) is 23.8 Å². The smallest absolute Gasteiger partial charge is 0.246 e. The van der Waals surface area contributed by atoms with Gasteiger partial charge in [-0.2, -0.15) is 0 Å². The molecule has 0 bridgehead atoms. The second kappa shape index (κ2) is 9.19. The van der Waals surface area contributed by atoms with E-state index in [0.717, 1.165) is 5.57 Å². The minimum Gasteiger partial charge on any atom is -0.508 e. The van der Waals surface area contributed by atoms with Crippen LogP contribution < -0.4 is 0 Å². The normalized spacial score (nSPS) is 23.8. The first-order chi connectivity index (χ1) is 15.7. The van der Waals surface area contributed by atoms with Crippen molar-refractivity contribution in [3.8, 4) is 0 Å². The van der Waals surface area contributed by atoms with Crippen LogP contribution in [0.5, 0.6) is 0 Å². The summed E-state index contributed by atoms with van der Waals surface area (Å²) in [5.74, 6) is -0.980. The first kappa shape index (κ1) is 22.7. The Hall–Kier alpha value is -3.46. The minimum atomic E-state index is -0.823. The van der Waals surface area contributed by atoms with Crippen molar-refractivity contribution in [1.29, 1.82) is 0 Å². The van der Waals surface area contributed by atoms with Gasteiger partial charge in [0.25, 0.3) is 0 Å². The van der Waals surface area contributed by atoms with E-state index in [1.165, 1.54) is 29.0 Å². The number of carbonyl (C=O) groups excluding carboxylic acids is 3. The third-order valence-corrected chi connectivity index (χ3v) is 6.13. The van der Waals surface area contributed by atoms with Crippen LogP contribution in [0, 0.1) is 5.82 Å². The molecule has 3 amide bonds. The molecule has 1 aromatic rings. The molecule has 174 valence electrons. The van der Waals surface area contributed by atoms with Crippen molar-refractivity contribution in [3.63, 3.8) is 0 Å². The average Bonchev–Trinajstić information content (AvgIpc) is 2.94. The van der Waals surface area contributed by atoms with Gasteiger partial charge in [-0.1, -0.05) is 24.3 Å². The van der Waals surface area contributed by atoms with Gasteiger partial charge < -0.3 is 14.9 Å². The summed E-state index contributed by atoms with van der Waals surface area (Å²) in [6.45, 7) is 1.70. The number of hydrogen-bond donors (Lipinski definition) is 1. The minimum absolute atomic E-state index is 0.0129. The Morgan fingerprint density at radius 1 is 1.21 bits per heavy atom. The summed E-state index contributed by atoms with van der Waals surface area (Å²) in [5.41, 5.74) is 1.43. The van der Waals surface area contributed by atoms with Gasteiger partial charge >= 0.3 is 0 Å². The Kier molecular flexibility index (Phi) is 6.33. The Bertz CT molecular complexity index is 1070. The maximum atomic E-state index is 13.8. The predicted molar refractivity (Wildman–Crippen MR) is 119 cm³/mol. The lowest BCUT2D eigenvalue weighted by molar-refractivity contribution is -0.201. The quantitative estimate of drug-likeness (QED) is 0.754. The molecule has 1 aliphatic carbocycles. The Labute approximate surface area is 191 Å². The zero-order valence-electron chi connectivity index (χ0n) is 18.6. The van der Waals surface area contributed by atoms with E-state index in [4.69, 9.17) is 0 Å². The number of carbonyl (C=O) groups is 3. The van der Waals surface area contributed by atoms with Crippen LogP contribution in [0.25, 0.3) is 0 Å². The first-order valence-corrected chi connectivity index (χ1v) is 10.9. The monoisotopic (exact) mass is 454 g/mol. The molecule has 0 spiro atoms. The van der Waals surface area contributed by atoms with Crippen LogP contribution in [-0.4, -0.2) is 75.0 Å². The highest BCUT2D eigenvalue weighted by atomic mass is 19.1. The number of allylic oxidation sites excluding steroid dienone is 4. The van der Waals surface area contributed by atoms with E-state index < -0.39 is 18.0 Å². The van der Waals surface area contributed by atoms with E-state index in [9.17, 15) is 23.9 Å². The first-order valence-electron chi connectivity index (χ1n) is 10.9. The second-order valence-electron chi connectivity index (χ2n) is 8.51. The molecule has 9 heteroatoms. The molecular formula is C24H27FN4O4. The molecular weight excluding hydrogens is 427 g/mol. The Morgan fingerprint density at radius 2 is 2.00 bits per heavy atom. The zero-order chi connectivity index (χ0) is 23.7. The van der Waals surface area contributed by atoms with E-state index in [0.29, 0.717) is 12.0 Å². The van der Waals surface area contributed by atoms with Gasteiger partial charge in [-0.25, -0.2) is 9.40 Å². The van der Waals surface area contributed by atoms with Crippen molar-refractivity contribution in [2.24, 2.45) is 0 Å². The zero-order valence-corrected chi connectivity index (χ0v) is 18.6. The molecule has 8 nitrogen and oxygen atoms in total. The number of amides is 3. The number of benzene rings is 1. The number of piperazine rings is 1. The summed E-state index contributed by atoms with van der Waals surface area (Å²) < 4.78 is 13.8. The van der Waals surface area contributed by atoms with Crippen molar-refractivity contribution in [3.05, 3.63) is 71.3 Å². The van der Waals surface area contributed by atoms with Crippen LogP contribution in [-0.2, 0) is 20.9 Å². The summed E-state index contributed by atoms with van der Waals surface area (Å²) in [5, 5.41) is 12.8. The number of fused-ring (bicyclic) bond motifs is 1. The van der Waals surface area contributed by atoms with Crippen LogP contribution in [0.15, 0.2) is 59.9 Å². The summed E-state index contributed by atoms with van der Waals surface area (Å²) >= 11 is 0. The fourth-order valence-corrected chi connectivity index (χ4v) is 4.70.